The maximum atomic E-state index is 13.1. The van der Waals surface area contributed by atoms with Gasteiger partial charge in [0.2, 0.25) is 5.91 Å². The van der Waals surface area contributed by atoms with Crippen molar-refractivity contribution in [1.82, 2.24) is 9.80 Å². The highest BCUT2D eigenvalue weighted by molar-refractivity contribution is 6.29. The molecule has 2 atom stereocenters. The minimum absolute atomic E-state index is 0. The van der Waals surface area contributed by atoms with Crippen molar-refractivity contribution < 1.29 is 9.18 Å². The Bertz CT molecular complexity index is 763. The van der Waals surface area contributed by atoms with E-state index < -0.39 is 0 Å². The molecule has 4 rings (SSSR count). The van der Waals surface area contributed by atoms with E-state index in [0.717, 1.165) is 56.0 Å². The van der Waals surface area contributed by atoms with E-state index in [0.29, 0.717) is 0 Å². The molecule has 3 aliphatic rings. The Morgan fingerprint density at radius 2 is 1.78 bits per heavy atom. The first-order chi connectivity index (χ1) is 12.5. The van der Waals surface area contributed by atoms with Crippen LogP contribution in [0.1, 0.15) is 45.1 Å². The number of halogens is 2. The minimum Gasteiger partial charge on any atom is -0.368 e. The van der Waals surface area contributed by atoms with Crippen LogP contribution in [0, 0.1) is 11.7 Å². The SMILES string of the molecule is C.CC1=C(N2CCN(C(=O)C3CC3c3ccc(F)cc3)CC2)C=C(Cl)CC1. The van der Waals surface area contributed by atoms with E-state index in [2.05, 4.69) is 17.9 Å². The second kappa shape index (κ2) is 8.05. The molecule has 27 heavy (non-hydrogen) atoms. The number of amides is 1. The quantitative estimate of drug-likeness (QED) is 0.732. The third-order valence-electron chi connectivity index (χ3n) is 5.81. The molecular weight excluding hydrogens is 363 g/mol. The summed E-state index contributed by atoms with van der Waals surface area (Å²) in [5.74, 6) is 0.347. The first-order valence-electron chi connectivity index (χ1n) is 9.38. The summed E-state index contributed by atoms with van der Waals surface area (Å²) in [7, 11) is 0. The number of carbonyl (C=O) groups is 1. The van der Waals surface area contributed by atoms with Gasteiger partial charge in [-0.25, -0.2) is 4.39 Å². The lowest BCUT2D eigenvalue weighted by atomic mass is 10.0. The fourth-order valence-electron chi connectivity index (χ4n) is 4.09. The van der Waals surface area contributed by atoms with Gasteiger partial charge in [-0.2, -0.15) is 0 Å². The Morgan fingerprint density at radius 1 is 1.11 bits per heavy atom. The van der Waals surface area contributed by atoms with Crippen LogP contribution >= 0.6 is 11.6 Å². The first kappa shape index (κ1) is 19.9. The van der Waals surface area contributed by atoms with E-state index >= 15 is 0 Å². The molecule has 1 aromatic carbocycles. The fourth-order valence-corrected chi connectivity index (χ4v) is 4.29. The second-order valence-corrected chi connectivity index (χ2v) is 8.05. The van der Waals surface area contributed by atoms with Gasteiger partial charge in [-0.3, -0.25) is 4.79 Å². The molecule has 2 unspecified atom stereocenters. The molecule has 1 aliphatic heterocycles. The number of carbonyl (C=O) groups excluding carboxylic acids is 1. The van der Waals surface area contributed by atoms with Crippen molar-refractivity contribution in [3.05, 3.63) is 58.0 Å². The predicted octanol–water partition coefficient (Wildman–Crippen LogP) is 4.90. The molecule has 0 N–H and O–H groups in total. The van der Waals surface area contributed by atoms with Gasteiger partial charge >= 0.3 is 0 Å². The molecule has 146 valence electrons. The molecular formula is C22H28ClFN2O. The third-order valence-corrected chi connectivity index (χ3v) is 6.11. The number of nitrogens with zero attached hydrogens (tertiary/aromatic N) is 2. The Hall–Kier alpha value is -1.81. The summed E-state index contributed by atoms with van der Waals surface area (Å²) in [5.41, 5.74) is 3.70. The smallest absolute Gasteiger partial charge is 0.226 e. The van der Waals surface area contributed by atoms with Crippen molar-refractivity contribution in [2.45, 2.75) is 39.5 Å². The van der Waals surface area contributed by atoms with Gasteiger partial charge in [0, 0.05) is 42.8 Å². The van der Waals surface area contributed by atoms with Gasteiger partial charge in [0.15, 0.2) is 0 Å². The van der Waals surface area contributed by atoms with Crippen molar-refractivity contribution in [2.75, 3.05) is 26.2 Å². The number of rotatable bonds is 3. The van der Waals surface area contributed by atoms with E-state index in [1.54, 1.807) is 12.1 Å². The number of piperazine rings is 1. The van der Waals surface area contributed by atoms with Crippen molar-refractivity contribution >= 4 is 17.5 Å². The lowest BCUT2D eigenvalue weighted by Crippen LogP contribution is -2.49. The zero-order chi connectivity index (χ0) is 18.3. The summed E-state index contributed by atoms with van der Waals surface area (Å²) < 4.78 is 13.1. The zero-order valence-corrected chi connectivity index (χ0v) is 15.8. The summed E-state index contributed by atoms with van der Waals surface area (Å²) in [6.07, 6.45) is 4.92. The van der Waals surface area contributed by atoms with Gasteiger partial charge in [0.05, 0.1) is 0 Å². The maximum absolute atomic E-state index is 13.1. The molecule has 2 fully saturated rings. The predicted molar refractivity (Wildman–Crippen MR) is 108 cm³/mol. The third kappa shape index (κ3) is 4.21. The Morgan fingerprint density at radius 3 is 2.44 bits per heavy atom. The summed E-state index contributed by atoms with van der Waals surface area (Å²) >= 11 is 6.22. The van der Waals surface area contributed by atoms with E-state index in [4.69, 9.17) is 11.6 Å². The Labute approximate surface area is 166 Å². The summed E-state index contributed by atoms with van der Waals surface area (Å²) in [4.78, 5) is 17.1. The molecule has 2 aliphatic carbocycles. The zero-order valence-electron chi connectivity index (χ0n) is 15.0. The molecule has 5 heteroatoms. The molecule has 0 bridgehead atoms. The normalized spacial score (nSPS) is 25.1. The Kier molecular flexibility index (Phi) is 5.95. The fraction of sp³-hybridized carbons (Fsp3) is 0.500. The lowest BCUT2D eigenvalue weighted by molar-refractivity contribution is -0.134. The molecule has 1 aromatic rings. The van der Waals surface area contributed by atoms with Crippen LogP contribution in [0.5, 0.6) is 0 Å². The highest BCUT2D eigenvalue weighted by Gasteiger charge is 2.46. The maximum Gasteiger partial charge on any atom is 0.226 e. The monoisotopic (exact) mass is 390 g/mol. The molecule has 3 nitrogen and oxygen atoms in total. The van der Waals surface area contributed by atoms with E-state index in [1.165, 1.54) is 23.4 Å². The molecule has 0 spiro atoms. The first-order valence-corrected chi connectivity index (χ1v) is 9.76. The van der Waals surface area contributed by atoms with Gasteiger partial charge in [-0.05, 0) is 61.4 Å². The number of benzene rings is 1. The van der Waals surface area contributed by atoms with E-state index in [-0.39, 0.29) is 31.0 Å². The van der Waals surface area contributed by atoms with E-state index in [1.807, 2.05) is 4.90 Å². The number of hydrogen-bond acceptors (Lipinski definition) is 2. The van der Waals surface area contributed by atoms with Crippen LogP contribution in [-0.2, 0) is 4.79 Å². The largest absolute Gasteiger partial charge is 0.368 e. The number of hydrogen-bond donors (Lipinski definition) is 0. The van der Waals surface area contributed by atoms with Gasteiger partial charge < -0.3 is 9.80 Å². The van der Waals surface area contributed by atoms with Crippen LogP contribution < -0.4 is 0 Å². The van der Waals surface area contributed by atoms with Gasteiger partial charge in [0.1, 0.15) is 5.82 Å². The van der Waals surface area contributed by atoms with Crippen LogP contribution in [-0.4, -0.2) is 41.9 Å². The summed E-state index contributed by atoms with van der Waals surface area (Å²) in [6, 6.07) is 6.57. The summed E-state index contributed by atoms with van der Waals surface area (Å²) in [5, 5.41) is 0.921. The minimum atomic E-state index is -0.227. The average molecular weight is 391 g/mol. The molecule has 1 amide bonds. The van der Waals surface area contributed by atoms with Crippen molar-refractivity contribution in [1.29, 1.82) is 0 Å². The molecule has 1 saturated carbocycles. The molecule has 1 saturated heterocycles. The molecule has 1 heterocycles. The van der Waals surface area contributed by atoms with E-state index in [9.17, 15) is 9.18 Å². The van der Waals surface area contributed by atoms with Crippen molar-refractivity contribution in [3.63, 3.8) is 0 Å². The number of allylic oxidation sites excluding steroid dienone is 3. The molecule has 0 aromatic heterocycles. The van der Waals surface area contributed by atoms with Crippen LogP contribution in [0.25, 0.3) is 0 Å². The van der Waals surface area contributed by atoms with Crippen molar-refractivity contribution in [3.8, 4) is 0 Å². The van der Waals surface area contributed by atoms with Gasteiger partial charge in [-0.15, -0.1) is 0 Å². The van der Waals surface area contributed by atoms with Crippen LogP contribution in [0.4, 0.5) is 4.39 Å². The van der Waals surface area contributed by atoms with Gasteiger partial charge in [-0.1, -0.05) is 31.2 Å². The van der Waals surface area contributed by atoms with Crippen molar-refractivity contribution in [2.24, 2.45) is 5.92 Å². The highest BCUT2D eigenvalue weighted by Crippen LogP contribution is 2.48. The topological polar surface area (TPSA) is 23.6 Å². The highest BCUT2D eigenvalue weighted by atomic mass is 35.5. The molecule has 0 radical (unpaired) electrons. The Balaban J connectivity index is 0.00000210. The standard InChI is InChI=1S/C21H24ClFN2O.CH4/c1-14-2-5-16(22)12-20(14)24-8-10-25(11-9-24)21(26)19-13-18(19)15-3-6-17(23)7-4-15;/h3-4,6-7,12,18-19H,2,5,8-11,13H2,1H3;1H4. The lowest BCUT2D eigenvalue weighted by Gasteiger charge is -2.38. The summed E-state index contributed by atoms with van der Waals surface area (Å²) in [6.45, 7) is 5.39. The second-order valence-electron chi connectivity index (χ2n) is 7.57. The average Bonchev–Trinajstić information content (AvgIpc) is 3.45. The van der Waals surface area contributed by atoms with Crippen LogP contribution in [0.15, 0.2) is 46.6 Å². The van der Waals surface area contributed by atoms with Gasteiger partial charge in [0.25, 0.3) is 0 Å². The van der Waals surface area contributed by atoms with Crippen LogP contribution in [0.2, 0.25) is 0 Å². The van der Waals surface area contributed by atoms with Crippen LogP contribution in [0.3, 0.4) is 0 Å².